The average Bonchev–Trinajstić information content (AvgIpc) is 1.57. The van der Waals surface area contributed by atoms with E-state index in [0.717, 1.165) is 128 Å². The van der Waals surface area contributed by atoms with Gasteiger partial charge in [0, 0.05) is 54.5 Å². The normalized spacial score (nSPS) is 12.2. The van der Waals surface area contributed by atoms with Gasteiger partial charge in [0.15, 0.2) is 0 Å². The molecule has 0 radical (unpaired) electrons. The number of fused-ring (bicyclic) bond motifs is 22. The monoisotopic (exact) mass is 1180 g/mol. The first-order chi connectivity index (χ1) is 45.4. The Morgan fingerprint density at radius 1 is 0.239 bits per heavy atom. The zero-order chi connectivity index (χ0) is 60.4. The van der Waals surface area contributed by atoms with Crippen LogP contribution in [0.1, 0.15) is 11.1 Å². The maximum absolute atomic E-state index is 6.22. The summed E-state index contributed by atoms with van der Waals surface area (Å²) >= 11 is 0. The topological polar surface area (TPSA) is 80.6 Å². The summed E-state index contributed by atoms with van der Waals surface area (Å²) in [5.41, 5.74) is 26.1. The van der Waals surface area contributed by atoms with E-state index in [1.165, 1.54) is 60.3 Å². The van der Waals surface area contributed by atoms with E-state index in [4.69, 9.17) is 18.8 Å². The fourth-order valence-electron chi connectivity index (χ4n) is 14.9. The van der Waals surface area contributed by atoms with Crippen molar-refractivity contribution in [2.24, 2.45) is 0 Å². The maximum Gasteiger partial charge on any atom is 0.220 e. The molecule has 13 aromatic carbocycles. The molecule has 0 aliphatic carbocycles. The van der Waals surface area contributed by atoms with Gasteiger partial charge < -0.3 is 18.0 Å². The smallest absolute Gasteiger partial charge is 0.220 e. The van der Waals surface area contributed by atoms with E-state index >= 15 is 0 Å². The third-order valence-electron chi connectivity index (χ3n) is 19.0. The van der Waals surface area contributed by atoms with Crippen LogP contribution in [0.15, 0.2) is 288 Å². The zero-order valence-corrected chi connectivity index (χ0v) is 50.0. The molecule has 0 aliphatic rings. The second-order valence-corrected chi connectivity index (χ2v) is 24.4. The van der Waals surface area contributed by atoms with Crippen molar-refractivity contribution in [2.75, 3.05) is 0 Å². The molecular formula is C82H52N8O2. The first-order valence-electron chi connectivity index (χ1n) is 31.2. The highest BCUT2D eigenvalue weighted by atomic mass is 16.3. The van der Waals surface area contributed by atoms with E-state index in [0.29, 0.717) is 0 Å². The van der Waals surface area contributed by atoms with E-state index in [1.807, 2.05) is 0 Å². The SMILES string of the molecule is Cc1ccc2oc3ccc(-n4c5ccc(-c6ccc7c(c6)c6ccccc6n7-c6ccccc6)cc5n5c6ccccc6nc45)cc3c2c1.Cc1ccc2oc3ccc(-n4c5ccc(-n6c7ccccc7c7ccccc76)cc5n5c6ccccc6nc45)cc3c2c1. The first-order valence-corrected chi connectivity index (χ1v) is 31.2. The lowest BCUT2D eigenvalue weighted by molar-refractivity contribution is 0.668. The van der Waals surface area contributed by atoms with Gasteiger partial charge in [-0.1, -0.05) is 132 Å². The Kier molecular flexibility index (Phi) is 10.5. The summed E-state index contributed by atoms with van der Waals surface area (Å²) in [4.78, 5) is 10.3. The molecule has 8 aromatic heterocycles. The van der Waals surface area contributed by atoms with Gasteiger partial charge in [0.25, 0.3) is 0 Å². The first kappa shape index (κ1) is 50.6. The average molecular weight is 1180 g/mol. The molecule has 21 rings (SSSR count). The molecule has 0 amide bonds. The van der Waals surface area contributed by atoms with Crippen molar-refractivity contribution >= 4 is 143 Å². The number of nitrogens with zero attached hydrogens (tertiary/aromatic N) is 8. The summed E-state index contributed by atoms with van der Waals surface area (Å²) in [6, 6.07) is 99.5. The third kappa shape index (κ3) is 7.31. The molecule has 21 aromatic rings. The van der Waals surface area contributed by atoms with E-state index < -0.39 is 0 Å². The van der Waals surface area contributed by atoms with Gasteiger partial charge in [0.1, 0.15) is 22.3 Å². The second-order valence-electron chi connectivity index (χ2n) is 24.4. The largest absolute Gasteiger partial charge is 0.456 e. The van der Waals surface area contributed by atoms with Crippen molar-refractivity contribution < 1.29 is 8.83 Å². The molecule has 0 fully saturated rings. The Bertz CT molecular complexity index is 6620. The minimum atomic E-state index is 0.886. The van der Waals surface area contributed by atoms with Gasteiger partial charge in [0.05, 0.1) is 77.6 Å². The Labute approximate surface area is 524 Å². The molecule has 0 saturated carbocycles. The zero-order valence-electron chi connectivity index (χ0n) is 50.0. The van der Waals surface area contributed by atoms with Crippen molar-refractivity contribution in [1.29, 1.82) is 0 Å². The molecule has 0 N–H and O–H groups in total. The van der Waals surface area contributed by atoms with E-state index in [-0.39, 0.29) is 0 Å². The standard InChI is InChI=1S/C44H28N4O.C38H24N4O/c1-27-15-21-42-34(23-27)35-26-31(18-22-43(35)49-42)47-40-20-17-29(25-41(40)48-39-14-8-6-12-36(39)45-44(47)48)28-16-19-38-33(24-28)32-11-5-7-13-37(32)46(38)30-9-3-2-4-10-30;1-23-14-18-36-28(20-23)29-21-24(16-19-37(29)43-36)41-34-17-15-25(22-35(34)42-33-13-7-4-10-30(33)39-38(41)42)40-31-11-5-2-8-26(31)27-9-3-6-12-32(27)40/h2-26H,1H3;2-22H,1H3. The number of hydrogen-bond donors (Lipinski definition) is 0. The summed E-state index contributed by atoms with van der Waals surface area (Å²) in [7, 11) is 0. The molecule has 0 saturated heterocycles. The van der Waals surface area contributed by atoms with Crippen molar-refractivity contribution in [3.63, 3.8) is 0 Å². The van der Waals surface area contributed by atoms with E-state index in [1.54, 1.807) is 0 Å². The van der Waals surface area contributed by atoms with Gasteiger partial charge in [-0.25, -0.2) is 9.97 Å². The number of hydrogen-bond acceptors (Lipinski definition) is 4. The predicted molar refractivity (Wildman–Crippen MR) is 377 cm³/mol. The Balaban J connectivity index is 0.000000129. The number of rotatable bonds is 5. The Morgan fingerprint density at radius 3 is 1.16 bits per heavy atom. The summed E-state index contributed by atoms with van der Waals surface area (Å²) in [5, 5.41) is 9.46. The quantitative estimate of drug-likeness (QED) is 0.172. The van der Waals surface area contributed by atoms with Gasteiger partial charge in [-0.15, -0.1) is 0 Å². The number of imidazole rings is 4. The summed E-state index contributed by atoms with van der Waals surface area (Å²) in [6.45, 7) is 4.24. The van der Waals surface area contributed by atoms with Crippen LogP contribution in [0.2, 0.25) is 0 Å². The predicted octanol–water partition coefficient (Wildman–Crippen LogP) is 21.1. The lowest BCUT2D eigenvalue weighted by Gasteiger charge is -2.10. The van der Waals surface area contributed by atoms with Crippen molar-refractivity contribution in [3.05, 3.63) is 290 Å². The second kappa shape index (κ2) is 19.1. The molecule has 10 nitrogen and oxygen atoms in total. The molecule has 0 unspecified atom stereocenters. The van der Waals surface area contributed by atoms with E-state index in [2.05, 4.69) is 320 Å². The third-order valence-corrected chi connectivity index (χ3v) is 19.0. The van der Waals surface area contributed by atoms with Crippen LogP contribution >= 0.6 is 0 Å². The molecule has 92 heavy (non-hydrogen) atoms. The van der Waals surface area contributed by atoms with Crippen LogP contribution in [0, 0.1) is 13.8 Å². The highest BCUT2D eigenvalue weighted by Crippen LogP contribution is 2.41. The van der Waals surface area contributed by atoms with Gasteiger partial charge in [-0.05, 0) is 183 Å². The van der Waals surface area contributed by atoms with Crippen LogP contribution in [-0.4, -0.2) is 37.0 Å². The van der Waals surface area contributed by atoms with Crippen LogP contribution in [-0.2, 0) is 0 Å². The molecule has 10 heteroatoms. The van der Waals surface area contributed by atoms with Crippen molar-refractivity contribution in [1.82, 2.24) is 37.0 Å². The highest BCUT2D eigenvalue weighted by Gasteiger charge is 2.23. The molecular weight excluding hydrogens is 1130 g/mol. The Hall–Kier alpha value is -12.4. The van der Waals surface area contributed by atoms with Crippen LogP contribution in [0.25, 0.3) is 177 Å². The lowest BCUT2D eigenvalue weighted by Crippen LogP contribution is -1.96. The highest BCUT2D eigenvalue weighted by molar-refractivity contribution is 6.13. The van der Waals surface area contributed by atoms with Gasteiger partial charge in [-0.3, -0.25) is 17.9 Å². The maximum atomic E-state index is 6.22. The minimum absolute atomic E-state index is 0.886. The van der Waals surface area contributed by atoms with Gasteiger partial charge in [0.2, 0.25) is 11.6 Å². The molecule has 0 spiro atoms. The van der Waals surface area contributed by atoms with Gasteiger partial charge in [-0.2, -0.15) is 0 Å². The molecule has 0 aliphatic heterocycles. The van der Waals surface area contributed by atoms with Crippen molar-refractivity contribution in [2.45, 2.75) is 13.8 Å². The molecule has 0 atom stereocenters. The summed E-state index contributed by atoms with van der Waals surface area (Å²) in [6.07, 6.45) is 0. The van der Waals surface area contributed by atoms with Crippen LogP contribution < -0.4 is 0 Å². The minimum Gasteiger partial charge on any atom is -0.456 e. The van der Waals surface area contributed by atoms with E-state index in [9.17, 15) is 0 Å². The molecule has 0 bridgehead atoms. The number of furan rings is 2. The van der Waals surface area contributed by atoms with Crippen LogP contribution in [0.3, 0.4) is 0 Å². The fourth-order valence-corrected chi connectivity index (χ4v) is 14.9. The number of aryl methyl sites for hydroxylation is 2. The Morgan fingerprint density at radius 2 is 0.620 bits per heavy atom. The summed E-state index contributed by atoms with van der Waals surface area (Å²) < 4.78 is 26.3. The van der Waals surface area contributed by atoms with Crippen molar-refractivity contribution in [3.8, 4) is 33.9 Å². The fraction of sp³-hybridized carbons (Fsp3) is 0.0244. The number of benzene rings is 13. The van der Waals surface area contributed by atoms with Crippen LogP contribution in [0.5, 0.6) is 0 Å². The van der Waals surface area contributed by atoms with Crippen LogP contribution in [0.4, 0.5) is 0 Å². The molecule has 432 valence electrons. The number of aromatic nitrogens is 8. The van der Waals surface area contributed by atoms with Gasteiger partial charge >= 0.3 is 0 Å². The molecule has 8 heterocycles. The lowest BCUT2D eigenvalue weighted by atomic mass is 10.0. The summed E-state index contributed by atoms with van der Waals surface area (Å²) in [5.74, 6) is 1.77. The number of para-hydroxylation sites is 8.